The Balaban J connectivity index is 2.24. The Bertz CT molecular complexity index is 646. The Kier molecular flexibility index (Phi) is 4.62. The van der Waals surface area contributed by atoms with Crippen molar-refractivity contribution in [2.45, 2.75) is 27.2 Å². The summed E-state index contributed by atoms with van der Waals surface area (Å²) in [5.74, 6) is -0.117. The summed E-state index contributed by atoms with van der Waals surface area (Å²) in [4.78, 5) is 12.5. The number of amides is 1. The summed E-state index contributed by atoms with van der Waals surface area (Å²) in [6.45, 7) is 6.77. The molecular formula is C16H22N4O. The van der Waals surface area contributed by atoms with Crippen LogP contribution in [0.15, 0.2) is 24.3 Å². The number of nitrogens with one attached hydrogen (secondary N) is 2. The summed E-state index contributed by atoms with van der Waals surface area (Å²) in [6, 6.07) is 7.55. The number of aryl methyl sites for hydroxylation is 2. The first-order chi connectivity index (χ1) is 10.0. The summed E-state index contributed by atoms with van der Waals surface area (Å²) in [7, 11) is 1.87. The molecule has 0 aliphatic carbocycles. The molecule has 0 fully saturated rings. The number of aromatic nitrogens is 2. The van der Waals surface area contributed by atoms with Gasteiger partial charge >= 0.3 is 0 Å². The minimum Gasteiger partial charge on any atom is -0.384 e. The normalized spacial score (nSPS) is 10.5. The summed E-state index contributed by atoms with van der Waals surface area (Å²) in [5.41, 5.74) is 4.06. The van der Waals surface area contributed by atoms with Gasteiger partial charge in [0.25, 0.3) is 5.91 Å². The molecule has 2 rings (SSSR count). The number of nitrogens with zero attached hydrogens (tertiary/aromatic N) is 2. The van der Waals surface area contributed by atoms with Crippen molar-refractivity contribution in [2.24, 2.45) is 7.05 Å². The second-order valence-electron chi connectivity index (χ2n) is 5.10. The molecule has 5 heteroatoms. The zero-order valence-corrected chi connectivity index (χ0v) is 13.0. The Morgan fingerprint density at radius 1 is 1.29 bits per heavy atom. The van der Waals surface area contributed by atoms with Crippen LogP contribution in [0.4, 0.5) is 11.4 Å². The monoisotopic (exact) mass is 286 g/mol. The van der Waals surface area contributed by atoms with Crippen LogP contribution in [0.25, 0.3) is 0 Å². The number of hydrogen-bond donors (Lipinski definition) is 2. The Labute approximate surface area is 125 Å². The third kappa shape index (κ3) is 3.24. The van der Waals surface area contributed by atoms with Crippen LogP contribution < -0.4 is 10.6 Å². The summed E-state index contributed by atoms with van der Waals surface area (Å²) in [6.07, 6.45) is 1.01. The molecule has 0 atom stereocenters. The summed E-state index contributed by atoms with van der Waals surface area (Å²) < 4.78 is 1.77. The molecule has 0 bridgehead atoms. The van der Waals surface area contributed by atoms with E-state index >= 15 is 0 Å². The number of rotatable bonds is 5. The van der Waals surface area contributed by atoms with E-state index in [-0.39, 0.29) is 5.91 Å². The number of benzene rings is 1. The third-order valence-electron chi connectivity index (χ3n) is 3.48. The molecule has 0 aliphatic heterocycles. The fourth-order valence-electron chi connectivity index (χ4n) is 2.23. The second kappa shape index (κ2) is 6.43. The van der Waals surface area contributed by atoms with Crippen molar-refractivity contribution in [1.29, 1.82) is 0 Å². The molecule has 2 N–H and O–H groups in total. The fraction of sp³-hybridized carbons (Fsp3) is 0.375. The molecule has 0 spiro atoms. The summed E-state index contributed by atoms with van der Waals surface area (Å²) >= 11 is 0. The molecule has 5 nitrogen and oxygen atoms in total. The van der Waals surface area contributed by atoms with Crippen molar-refractivity contribution in [3.05, 3.63) is 41.2 Å². The third-order valence-corrected chi connectivity index (χ3v) is 3.48. The van der Waals surface area contributed by atoms with Crippen LogP contribution in [0.3, 0.4) is 0 Å². The van der Waals surface area contributed by atoms with Crippen molar-refractivity contribution in [2.75, 3.05) is 17.2 Å². The van der Waals surface area contributed by atoms with E-state index in [1.54, 1.807) is 4.68 Å². The predicted molar refractivity (Wildman–Crippen MR) is 85.9 cm³/mol. The van der Waals surface area contributed by atoms with Crippen LogP contribution in [0.5, 0.6) is 0 Å². The highest BCUT2D eigenvalue weighted by Crippen LogP contribution is 2.21. The SMILES string of the molecule is CCCNc1ccccc1C(=O)Nc1c(C)nn(C)c1C. The number of carbonyl (C=O) groups is 1. The lowest BCUT2D eigenvalue weighted by atomic mass is 10.1. The van der Waals surface area contributed by atoms with Gasteiger partial charge in [-0.1, -0.05) is 19.1 Å². The topological polar surface area (TPSA) is 59.0 Å². The van der Waals surface area contributed by atoms with Gasteiger partial charge in [0.15, 0.2) is 0 Å². The first-order valence-corrected chi connectivity index (χ1v) is 7.19. The minimum absolute atomic E-state index is 0.117. The van der Waals surface area contributed by atoms with E-state index in [9.17, 15) is 4.79 Å². The first kappa shape index (κ1) is 15.1. The van der Waals surface area contributed by atoms with Gasteiger partial charge in [0.2, 0.25) is 0 Å². The molecule has 0 saturated heterocycles. The average Bonchev–Trinajstić information content (AvgIpc) is 2.72. The fourth-order valence-corrected chi connectivity index (χ4v) is 2.23. The molecule has 2 aromatic rings. The van der Waals surface area contributed by atoms with E-state index in [1.807, 2.05) is 45.2 Å². The first-order valence-electron chi connectivity index (χ1n) is 7.19. The van der Waals surface area contributed by atoms with Crippen molar-refractivity contribution < 1.29 is 4.79 Å². The maximum atomic E-state index is 12.5. The molecule has 112 valence electrons. The number of carbonyl (C=O) groups excluding carboxylic acids is 1. The zero-order chi connectivity index (χ0) is 15.4. The lowest BCUT2D eigenvalue weighted by Crippen LogP contribution is -2.16. The maximum Gasteiger partial charge on any atom is 0.257 e. The van der Waals surface area contributed by atoms with E-state index in [2.05, 4.69) is 22.7 Å². The van der Waals surface area contributed by atoms with Gasteiger partial charge in [0.1, 0.15) is 0 Å². The molecule has 0 saturated carbocycles. The average molecular weight is 286 g/mol. The molecule has 21 heavy (non-hydrogen) atoms. The molecular weight excluding hydrogens is 264 g/mol. The smallest absolute Gasteiger partial charge is 0.257 e. The number of hydrogen-bond acceptors (Lipinski definition) is 3. The van der Waals surface area contributed by atoms with E-state index in [0.717, 1.165) is 35.7 Å². The lowest BCUT2D eigenvalue weighted by molar-refractivity contribution is 0.102. The van der Waals surface area contributed by atoms with Gasteiger partial charge in [0, 0.05) is 19.3 Å². The van der Waals surface area contributed by atoms with Crippen LogP contribution >= 0.6 is 0 Å². The Hall–Kier alpha value is -2.30. The highest BCUT2D eigenvalue weighted by atomic mass is 16.1. The van der Waals surface area contributed by atoms with Crippen LogP contribution in [-0.2, 0) is 7.05 Å². The van der Waals surface area contributed by atoms with E-state index < -0.39 is 0 Å². The molecule has 1 aromatic heterocycles. The number of para-hydroxylation sites is 1. The van der Waals surface area contributed by atoms with Crippen molar-refractivity contribution in [1.82, 2.24) is 9.78 Å². The van der Waals surface area contributed by atoms with E-state index in [4.69, 9.17) is 0 Å². The van der Waals surface area contributed by atoms with Gasteiger partial charge < -0.3 is 10.6 Å². The molecule has 1 aromatic carbocycles. The quantitative estimate of drug-likeness (QED) is 0.888. The Morgan fingerprint density at radius 3 is 2.62 bits per heavy atom. The van der Waals surface area contributed by atoms with E-state index in [0.29, 0.717) is 5.56 Å². The molecule has 0 radical (unpaired) electrons. The van der Waals surface area contributed by atoms with Crippen molar-refractivity contribution in [3.8, 4) is 0 Å². The van der Waals surface area contributed by atoms with Crippen LogP contribution in [-0.4, -0.2) is 22.2 Å². The standard InChI is InChI=1S/C16H22N4O/c1-5-10-17-14-9-7-6-8-13(14)16(21)18-15-11(2)19-20(4)12(15)3/h6-9,17H,5,10H2,1-4H3,(H,18,21). The maximum absolute atomic E-state index is 12.5. The van der Waals surface area contributed by atoms with Crippen LogP contribution in [0.2, 0.25) is 0 Å². The van der Waals surface area contributed by atoms with Gasteiger partial charge in [-0.15, -0.1) is 0 Å². The Morgan fingerprint density at radius 2 is 2.00 bits per heavy atom. The molecule has 1 amide bonds. The van der Waals surface area contributed by atoms with Crippen molar-refractivity contribution >= 4 is 17.3 Å². The van der Waals surface area contributed by atoms with Crippen molar-refractivity contribution in [3.63, 3.8) is 0 Å². The van der Waals surface area contributed by atoms with Gasteiger partial charge in [-0.05, 0) is 32.4 Å². The molecule has 0 aliphatic rings. The largest absolute Gasteiger partial charge is 0.384 e. The van der Waals surface area contributed by atoms with Gasteiger partial charge in [-0.3, -0.25) is 9.48 Å². The van der Waals surface area contributed by atoms with Crippen LogP contribution in [0.1, 0.15) is 35.1 Å². The molecule has 1 heterocycles. The van der Waals surface area contributed by atoms with Gasteiger partial charge in [-0.25, -0.2) is 0 Å². The second-order valence-corrected chi connectivity index (χ2v) is 5.10. The number of anilines is 2. The predicted octanol–water partition coefficient (Wildman–Crippen LogP) is 3.11. The zero-order valence-electron chi connectivity index (χ0n) is 13.0. The van der Waals surface area contributed by atoms with Crippen LogP contribution in [0, 0.1) is 13.8 Å². The van der Waals surface area contributed by atoms with Gasteiger partial charge in [0.05, 0.1) is 22.6 Å². The van der Waals surface area contributed by atoms with Gasteiger partial charge in [-0.2, -0.15) is 5.10 Å². The summed E-state index contributed by atoms with van der Waals surface area (Å²) in [5, 5.41) is 10.6. The highest BCUT2D eigenvalue weighted by Gasteiger charge is 2.15. The highest BCUT2D eigenvalue weighted by molar-refractivity contribution is 6.08. The minimum atomic E-state index is -0.117. The lowest BCUT2D eigenvalue weighted by Gasteiger charge is -2.12. The van der Waals surface area contributed by atoms with E-state index in [1.165, 1.54) is 0 Å². The molecule has 0 unspecified atom stereocenters.